The second-order valence-electron chi connectivity index (χ2n) is 15.6. The number of hydrogen-bond donors (Lipinski definition) is 2. The van der Waals surface area contributed by atoms with Gasteiger partial charge >= 0.3 is 7.12 Å². The van der Waals surface area contributed by atoms with Gasteiger partial charge in [0.25, 0.3) is 11.8 Å². The van der Waals surface area contributed by atoms with Crippen LogP contribution < -0.4 is 10.6 Å². The van der Waals surface area contributed by atoms with E-state index in [1.165, 1.54) is 0 Å². The highest BCUT2D eigenvalue weighted by Crippen LogP contribution is 2.65. The SMILES string of the molecule is CC(C)C[C@H](NC(=O)C1(Cc2ccccc2)CC([C@H](C)NC(=O)c2nccc3ccccc23)=NO1)B1O[C@@H]2C[C@@H]3C[C@@H](C3(C)C)[C@]2(C)O1. The van der Waals surface area contributed by atoms with E-state index in [2.05, 4.69) is 55.4 Å². The molecule has 1 unspecified atom stereocenters. The fraction of sp³-hybridized carbons (Fsp3) is 0.526. The van der Waals surface area contributed by atoms with E-state index >= 15 is 0 Å². The minimum atomic E-state index is -1.30. The molecule has 0 radical (unpaired) electrons. The van der Waals surface area contributed by atoms with Crippen LogP contribution in [0.4, 0.5) is 0 Å². The molecule has 5 aliphatic rings. The van der Waals surface area contributed by atoms with Gasteiger partial charge in [-0.1, -0.05) is 87.4 Å². The molecule has 10 heteroatoms. The summed E-state index contributed by atoms with van der Waals surface area (Å²) in [4.78, 5) is 38.5. The van der Waals surface area contributed by atoms with Gasteiger partial charge in [-0.25, -0.2) is 0 Å². The monoisotopic (exact) mass is 650 g/mol. The van der Waals surface area contributed by atoms with Crippen LogP contribution in [-0.4, -0.2) is 58.9 Å². The number of nitrogens with one attached hydrogen (secondary N) is 2. The van der Waals surface area contributed by atoms with Gasteiger partial charge in [-0.15, -0.1) is 0 Å². The predicted molar refractivity (Wildman–Crippen MR) is 186 cm³/mol. The number of pyridine rings is 1. The van der Waals surface area contributed by atoms with E-state index < -0.39 is 18.8 Å². The molecule has 0 spiro atoms. The van der Waals surface area contributed by atoms with E-state index in [0.717, 1.165) is 29.2 Å². The van der Waals surface area contributed by atoms with Crippen molar-refractivity contribution in [3.63, 3.8) is 0 Å². The number of aromatic nitrogens is 1. The molecular formula is C38H47BN4O5. The highest BCUT2D eigenvalue weighted by molar-refractivity contribution is 6.48. The summed E-state index contributed by atoms with van der Waals surface area (Å²) in [6.45, 7) is 13.0. The molecule has 3 aromatic rings. The first kappa shape index (κ1) is 32.8. The topological polar surface area (TPSA) is 111 Å². The summed E-state index contributed by atoms with van der Waals surface area (Å²) in [5, 5.41) is 12.5. The van der Waals surface area contributed by atoms with Crippen molar-refractivity contribution < 1.29 is 23.7 Å². The van der Waals surface area contributed by atoms with Gasteiger partial charge in [0.05, 0.1) is 29.4 Å². The maximum absolute atomic E-state index is 14.5. The lowest BCUT2D eigenvalue weighted by Crippen LogP contribution is -2.65. The zero-order valence-corrected chi connectivity index (χ0v) is 28.9. The summed E-state index contributed by atoms with van der Waals surface area (Å²) in [5.74, 6) is 0.417. The minimum Gasteiger partial charge on any atom is -0.404 e. The Labute approximate surface area is 283 Å². The second-order valence-corrected chi connectivity index (χ2v) is 15.6. The van der Waals surface area contributed by atoms with Crippen LogP contribution in [0.1, 0.15) is 83.3 Å². The predicted octanol–water partition coefficient (Wildman–Crippen LogP) is 5.91. The average molecular weight is 651 g/mol. The van der Waals surface area contributed by atoms with Gasteiger partial charge in [-0.05, 0) is 73.3 Å². The van der Waals surface area contributed by atoms with E-state index in [-0.39, 0.29) is 41.3 Å². The van der Waals surface area contributed by atoms with Crippen molar-refractivity contribution in [2.24, 2.45) is 28.3 Å². The second kappa shape index (κ2) is 12.3. The maximum atomic E-state index is 14.5. The standard InChI is InChI=1S/C38H47BN4O5/c1-23(2)18-32(39-46-31-20-27-19-30(36(27,4)5)37(31,6)47-39)42-35(45)38(21-25-12-8-7-9-13-25)22-29(43-48-38)24(3)41-34(44)33-28-15-11-10-14-26(28)16-17-40-33/h7-17,23-24,27,30-32H,18-22H2,1-6H3,(H,41,44)(H,42,45)/t24-,27-,30-,31+,32-,37-,38?/m0/s1. The number of hydrogen-bond acceptors (Lipinski definition) is 7. The Bertz CT molecular complexity index is 1730. The fourth-order valence-electron chi connectivity index (χ4n) is 8.72. The summed E-state index contributed by atoms with van der Waals surface area (Å²) in [6.07, 6.45) is 5.02. The number of carbonyl (C=O) groups excluding carboxylic acids is 2. The van der Waals surface area contributed by atoms with Gasteiger partial charge in [-0.3, -0.25) is 14.6 Å². The van der Waals surface area contributed by atoms with Gasteiger partial charge in [0, 0.05) is 24.4 Å². The number of rotatable bonds is 10. The summed E-state index contributed by atoms with van der Waals surface area (Å²) in [5.41, 5.74) is 0.426. The maximum Gasteiger partial charge on any atom is 0.481 e. The number of benzene rings is 2. The molecule has 3 saturated carbocycles. The van der Waals surface area contributed by atoms with Gasteiger partial charge in [0.15, 0.2) is 0 Å². The van der Waals surface area contributed by atoms with Crippen LogP contribution in [-0.2, 0) is 25.4 Å². The third-order valence-corrected chi connectivity index (χ3v) is 11.6. The Morgan fingerprint density at radius 1 is 0.979 bits per heavy atom. The van der Waals surface area contributed by atoms with Gasteiger partial charge in [-0.2, -0.15) is 0 Å². The fourth-order valence-corrected chi connectivity index (χ4v) is 8.72. The lowest BCUT2D eigenvalue weighted by molar-refractivity contribution is -0.199. The Morgan fingerprint density at radius 2 is 1.73 bits per heavy atom. The Kier molecular flexibility index (Phi) is 8.39. The van der Waals surface area contributed by atoms with Crippen LogP contribution >= 0.6 is 0 Å². The van der Waals surface area contributed by atoms with E-state index in [4.69, 9.17) is 14.1 Å². The van der Waals surface area contributed by atoms with Crippen molar-refractivity contribution in [1.82, 2.24) is 15.6 Å². The van der Waals surface area contributed by atoms with Crippen LogP contribution in [0.25, 0.3) is 10.8 Å². The average Bonchev–Trinajstić information content (AvgIpc) is 3.66. The number of fused-ring (bicyclic) bond motifs is 1. The Balaban J connectivity index is 1.10. The summed E-state index contributed by atoms with van der Waals surface area (Å²) >= 11 is 0. The summed E-state index contributed by atoms with van der Waals surface area (Å²) in [7, 11) is -0.552. The molecule has 1 aromatic heterocycles. The molecule has 1 saturated heterocycles. The van der Waals surface area contributed by atoms with Crippen LogP contribution in [0.5, 0.6) is 0 Å². The lowest BCUT2D eigenvalue weighted by atomic mass is 9.43. The van der Waals surface area contributed by atoms with Gasteiger partial charge < -0.3 is 24.8 Å². The number of carbonyl (C=O) groups is 2. The van der Waals surface area contributed by atoms with Crippen LogP contribution in [0.3, 0.4) is 0 Å². The normalized spacial score (nSPS) is 29.8. The third-order valence-electron chi connectivity index (χ3n) is 11.6. The number of nitrogens with zero attached hydrogens (tertiary/aromatic N) is 2. The Hall–Kier alpha value is -3.76. The Morgan fingerprint density at radius 3 is 2.48 bits per heavy atom. The van der Waals surface area contributed by atoms with E-state index in [0.29, 0.717) is 42.0 Å². The first-order valence-electron chi connectivity index (χ1n) is 17.5. The van der Waals surface area contributed by atoms with Crippen LogP contribution in [0, 0.1) is 23.2 Å². The molecule has 2 amide bonds. The molecule has 4 fully saturated rings. The molecular weight excluding hydrogens is 603 g/mol. The molecule has 3 heterocycles. The summed E-state index contributed by atoms with van der Waals surface area (Å²) < 4.78 is 13.5. The van der Waals surface area contributed by atoms with Gasteiger partial charge in [0.1, 0.15) is 5.69 Å². The molecule has 3 aliphatic carbocycles. The minimum absolute atomic E-state index is 0.0162. The molecule has 48 heavy (non-hydrogen) atoms. The van der Waals surface area contributed by atoms with E-state index in [1.807, 2.05) is 67.6 Å². The quantitative estimate of drug-likeness (QED) is 0.264. The molecule has 2 aliphatic heterocycles. The van der Waals surface area contributed by atoms with E-state index in [1.54, 1.807) is 6.20 Å². The molecule has 2 bridgehead atoms. The lowest BCUT2D eigenvalue weighted by Gasteiger charge is -2.64. The number of oxime groups is 1. The first-order valence-corrected chi connectivity index (χ1v) is 17.5. The van der Waals surface area contributed by atoms with Crippen molar-refractivity contribution in [1.29, 1.82) is 0 Å². The third kappa shape index (κ3) is 5.70. The van der Waals surface area contributed by atoms with Crippen molar-refractivity contribution in [3.05, 3.63) is 78.1 Å². The van der Waals surface area contributed by atoms with Crippen LogP contribution in [0.2, 0.25) is 0 Å². The molecule has 9 nitrogen and oxygen atoms in total. The zero-order valence-electron chi connectivity index (χ0n) is 28.9. The highest BCUT2D eigenvalue weighted by Gasteiger charge is 2.68. The summed E-state index contributed by atoms with van der Waals surface area (Å²) in [6, 6.07) is 18.9. The van der Waals surface area contributed by atoms with E-state index in [9.17, 15) is 9.59 Å². The van der Waals surface area contributed by atoms with Crippen LogP contribution in [0.15, 0.2) is 72.0 Å². The molecule has 2 aromatic carbocycles. The zero-order chi connectivity index (χ0) is 33.8. The molecule has 2 N–H and O–H groups in total. The molecule has 252 valence electrons. The van der Waals surface area contributed by atoms with Crippen molar-refractivity contribution in [2.45, 2.75) is 103 Å². The van der Waals surface area contributed by atoms with Crippen molar-refractivity contribution in [3.8, 4) is 0 Å². The number of amides is 2. The van der Waals surface area contributed by atoms with Gasteiger partial charge in [0.2, 0.25) is 5.60 Å². The van der Waals surface area contributed by atoms with Crippen molar-refractivity contribution in [2.75, 3.05) is 0 Å². The molecule has 7 atom stereocenters. The van der Waals surface area contributed by atoms with Crippen molar-refractivity contribution >= 4 is 35.4 Å². The smallest absolute Gasteiger partial charge is 0.404 e. The molecule has 8 rings (SSSR count). The first-order chi connectivity index (χ1) is 22.9. The highest BCUT2D eigenvalue weighted by atomic mass is 16.7. The largest absolute Gasteiger partial charge is 0.481 e.